The van der Waals surface area contributed by atoms with Crippen molar-refractivity contribution in [1.29, 1.82) is 0 Å². The van der Waals surface area contributed by atoms with Crippen molar-refractivity contribution in [2.24, 2.45) is 11.7 Å². The molecule has 2 nitrogen and oxygen atoms in total. The minimum absolute atomic E-state index is 0.832. The third-order valence-electron chi connectivity index (χ3n) is 3.12. The molecule has 2 heteroatoms. The molecule has 12 heavy (non-hydrogen) atoms. The summed E-state index contributed by atoms with van der Waals surface area (Å²) in [5.41, 5.74) is 5.54. The van der Waals surface area contributed by atoms with Gasteiger partial charge in [-0.3, -0.25) is 0 Å². The molecule has 1 saturated carbocycles. The summed E-state index contributed by atoms with van der Waals surface area (Å²) >= 11 is 0. The molecule has 0 heterocycles. The van der Waals surface area contributed by atoms with Crippen molar-refractivity contribution >= 4 is 0 Å². The van der Waals surface area contributed by atoms with Gasteiger partial charge >= 0.3 is 0 Å². The van der Waals surface area contributed by atoms with Gasteiger partial charge in [0.1, 0.15) is 0 Å². The van der Waals surface area contributed by atoms with E-state index in [2.05, 4.69) is 19.0 Å². The number of nitrogens with zero attached hydrogens (tertiary/aromatic N) is 1. The van der Waals surface area contributed by atoms with E-state index in [1.807, 2.05) is 0 Å². The van der Waals surface area contributed by atoms with Gasteiger partial charge in [0.25, 0.3) is 0 Å². The second kappa shape index (κ2) is 4.83. The van der Waals surface area contributed by atoms with E-state index < -0.39 is 0 Å². The summed E-state index contributed by atoms with van der Waals surface area (Å²) in [4.78, 5) is 2.36. The Morgan fingerprint density at radius 3 is 2.17 bits per heavy atom. The Morgan fingerprint density at radius 1 is 1.17 bits per heavy atom. The van der Waals surface area contributed by atoms with Crippen molar-refractivity contribution in [2.45, 2.75) is 38.1 Å². The van der Waals surface area contributed by atoms with Gasteiger partial charge in [-0.15, -0.1) is 0 Å². The molecule has 72 valence electrons. The number of nitrogens with two attached hydrogens (primary N) is 1. The fourth-order valence-electron chi connectivity index (χ4n) is 2.19. The smallest absolute Gasteiger partial charge is 0.00893 e. The molecule has 1 aliphatic carbocycles. The maximum absolute atomic E-state index is 5.54. The molecule has 0 saturated heterocycles. The summed E-state index contributed by atoms with van der Waals surface area (Å²) in [6.45, 7) is 0.872. The fraction of sp³-hybridized carbons (Fsp3) is 1.00. The Kier molecular flexibility index (Phi) is 4.02. The lowest BCUT2D eigenvalue weighted by Crippen LogP contribution is -2.32. The van der Waals surface area contributed by atoms with Crippen LogP contribution in [0.2, 0.25) is 0 Å². The summed E-state index contributed by atoms with van der Waals surface area (Å²) in [5.74, 6) is 0.922. The maximum Gasteiger partial charge on any atom is 0.00893 e. The quantitative estimate of drug-likeness (QED) is 0.694. The molecule has 0 aromatic carbocycles. The zero-order valence-electron chi connectivity index (χ0n) is 8.42. The molecule has 0 aliphatic heterocycles. The summed E-state index contributed by atoms with van der Waals surface area (Å²) < 4.78 is 0. The minimum Gasteiger partial charge on any atom is -0.330 e. The largest absolute Gasteiger partial charge is 0.330 e. The van der Waals surface area contributed by atoms with Gasteiger partial charge in [-0.1, -0.05) is 0 Å². The molecule has 0 aromatic rings. The van der Waals surface area contributed by atoms with E-state index in [0.29, 0.717) is 0 Å². The summed E-state index contributed by atoms with van der Waals surface area (Å²) in [6, 6.07) is 0.832. The van der Waals surface area contributed by atoms with Gasteiger partial charge in [0.2, 0.25) is 0 Å². The minimum atomic E-state index is 0.832. The SMILES string of the molecule is CN(C)C1CCC(CCN)CC1. The zero-order valence-corrected chi connectivity index (χ0v) is 8.42. The predicted molar refractivity (Wildman–Crippen MR) is 53.1 cm³/mol. The van der Waals surface area contributed by atoms with E-state index in [9.17, 15) is 0 Å². The first-order valence-electron chi connectivity index (χ1n) is 5.10. The molecule has 1 rings (SSSR count). The molecule has 0 radical (unpaired) electrons. The molecule has 0 aromatic heterocycles. The van der Waals surface area contributed by atoms with E-state index >= 15 is 0 Å². The molecule has 0 spiro atoms. The van der Waals surface area contributed by atoms with Gasteiger partial charge in [-0.05, 0) is 58.7 Å². The number of hydrogen-bond donors (Lipinski definition) is 1. The van der Waals surface area contributed by atoms with Crippen LogP contribution in [0, 0.1) is 5.92 Å². The van der Waals surface area contributed by atoms with Crippen LogP contribution < -0.4 is 5.73 Å². The third-order valence-corrected chi connectivity index (χ3v) is 3.12. The predicted octanol–water partition coefficient (Wildman–Crippen LogP) is 1.46. The molecule has 0 bridgehead atoms. The van der Waals surface area contributed by atoms with Crippen LogP contribution in [0.25, 0.3) is 0 Å². The van der Waals surface area contributed by atoms with Gasteiger partial charge in [0.15, 0.2) is 0 Å². The van der Waals surface area contributed by atoms with Crippen molar-refractivity contribution in [1.82, 2.24) is 4.90 Å². The van der Waals surface area contributed by atoms with Gasteiger partial charge in [0, 0.05) is 6.04 Å². The number of hydrogen-bond acceptors (Lipinski definition) is 2. The Labute approximate surface area is 76.1 Å². The lowest BCUT2D eigenvalue weighted by molar-refractivity contribution is 0.190. The highest BCUT2D eigenvalue weighted by Gasteiger charge is 2.21. The molecule has 1 aliphatic rings. The van der Waals surface area contributed by atoms with Crippen molar-refractivity contribution < 1.29 is 0 Å². The molecular formula is C10H22N2. The first kappa shape index (κ1) is 10.0. The zero-order chi connectivity index (χ0) is 8.97. The Balaban J connectivity index is 2.20. The lowest BCUT2D eigenvalue weighted by atomic mass is 9.84. The van der Waals surface area contributed by atoms with Crippen molar-refractivity contribution in [3.05, 3.63) is 0 Å². The standard InChI is InChI=1S/C10H22N2/c1-12(2)10-5-3-9(4-6-10)7-8-11/h9-10H,3-8,11H2,1-2H3. The van der Waals surface area contributed by atoms with Gasteiger partial charge in [0.05, 0.1) is 0 Å². The second-order valence-electron chi connectivity index (χ2n) is 4.22. The van der Waals surface area contributed by atoms with Gasteiger partial charge in [-0.25, -0.2) is 0 Å². The number of rotatable bonds is 3. The Hall–Kier alpha value is -0.0800. The second-order valence-corrected chi connectivity index (χ2v) is 4.22. The van der Waals surface area contributed by atoms with Crippen LogP contribution in [0.5, 0.6) is 0 Å². The molecular weight excluding hydrogens is 148 g/mol. The molecule has 2 N–H and O–H groups in total. The highest BCUT2D eigenvalue weighted by atomic mass is 15.1. The molecule has 1 fully saturated rings. The van der Waals surface area contributed by atoms with Crippen molar-refractivity contribution in [2.75, 3.05) is 20.6 Å². The van der Waals surface area contributed by atoms with E-state index in [-0.39, 0.29) is 0 Å². The van der Waals surface area contributed by atoms with Crippen LogP contribution in [-0.4, -0.2) is 31.6 Å². The summed E-state index contributed by atoms with van der Waals surface area (Å²) in [6.07, 6.45) is 6.76. The monoisotopic (exact) mass is 170 g/mol. The lowest BCUT2D eigenvalue weighted by Gasteiger charge is -2.32. The Bertz CT molecular complexity index is 115. The molecule has 0 amide bonds. The average molecular weight is 170 g/mol. The van der Waals surface area contributed by atoms with Crippen LogP contribution in [-0.2, 0) is 0 Å². The van der Waals surface area contributed by atoms with E-state index in [4.69, 9.17) is 5.73 Å². The van der Waals surface area contributed by atoms with Crippen molar-refractivity contribution in [3.8, 4) is 0 Å². The normalized spacial score (nSPS) is 31.0. The Morgan fingerprint density at radius 2 is 1.75 bits per heavy atom. The topological polar surface area (TPSA) is 29.3 Å². The average Bonchev–Trinajstić information content (AvgIpc) is 2.06. The van der Waals surface area contributed by atoms with Gasteiger partial charge in [-0.2, -0.15) is 0 Å². The van der Waals surface area contributed by atoms with Crippen LogP contribution >= 0.6 is 0 Å². The van der Waals surface area contributed by atoms with Gasteiger partial charge < -0.3 is 10.6 Å². The van der Waals surface area contributed by atoms with Crippen LogP contribution in [0.1, 0.15) is 32.1 Å². The van der Waals surface area contributed by atoms with Crippen LogP contribution in [0.15, 0.2) is 0 Å². The fourth-order valence-corrected chi connectivity index (χ4v) is 2.19. The highest BCUT2D eigenvalue weighted by Crippen LogP contribution is 2.28. The van der Waals surface area contributed by atoms with Crippen LogP contribution in [0.4, 0.5) is 0 Å². The van der Waals surface area contributed by atoms with Crippen molar-refractivity contribution in [3.63, 3.8) is 0 Å². The van der Waals surface area contributed by atoms with Crippen LogP contribution in [0.3, 0.4) is 0 Å². The van der Waals surface area contributed by atoms with E-state index in [1.165, 1.54) is 32.1 Å². The maximum atomic E-state index is 5.54. The molecule has 0 atom stereocenters. The molecule has 0 unspecified atom stereocenters. The van der Waals surface area contributed by atoms with E-state index in [1.54, 1.807) is 0 Å². The first-order valence-corrected chi connectivity index (χ1v) is 5.10. The highest BCUT2D eigenvalue weighted by molar-refractivity contribution is 4.76. The first-order chi connectivity index (χ1) is 5.74. The summed E-state index contributed by atoms with van der Waals surface area (Å²) in [5, 5.41) is 0. The van der Waals surface area contributed by atoms with E-state index in [0.717, 1.165) is 18.5 Å². The summed E-state index contributed by atoms with van der Waals surface area (Å²) in [7, 11) is 4.38. The third kappa shape index (κ3) is 2.76.